The van der Waals surface area contributed by atoms with Crippen LogP contribution in [-0.4, -0.2) is 24.3 Å². The van der Waals surface area contributed by atoms with Gasteiger partial charge in [-0.1, -0.05) is 42.5 Å². The molecule has 1 amide bonds. The van der Waals surface area contributed by atoms with Crippen molar-refractivity contribution in [1.29, 1.82) is 0 Å². The maximum atomic E-state index is 12.8. The molecule has 2 aromatic carbocycles. The van der Waals surface area contributed by atoms with E-state index in [1.807, 2.05) is 0 Å². The Bertz CT molecular complexity index is 893. The molecule has 0 fully saturated rings. The van der Waals surface area contributed by atoms with Gasteiger partial charge in [0.15, 0.2) is 5.92 Å². The van der Waals surface area contributed by atoms with Crippen molar-refractivity contribution in [2.75, 3.05) is 6.61 Å². The number of aliphatic imine (C=N–C) groups is 1. The van der Waals surface area contributed by atoms with Gasteiger partial charge >= 0.3 is 12.1 Å². The average molecular weight is 390 g/mol. The predicted molar refractivity (Wildman–Crippen MR) is 95.4 cm³/mol. The lowest BCUT2D eigenvalue weighted by atomic mass is 9.90. The van der Waals surface area contributed by atoms with Crippen molar-refractivity contribution >= 4 is 17.7 Å². The summed E-state index contributed by atoms with van der Waals surface area (Å²) in [5.74, 6) is -2.43. The van der Waals surface area contributed by atoms with Crippen molar-refractivity contribution in [3.8, 4) is 0 Å². The normalized spacial score (nSPS) is 19.6. The number of benzene rings is 2. The highest BCUT2D eigenvalue weighted by Crippen LogP contribution is 2.34. The van der Waals surface area contributed by atoms with E-state index in [-0.39, 0.29) is 12.4 Å². The molecular formula is C20H17F3N2O3. The van der Waals surface area contributed by atoms with Crippen molar-refractivity contribution in [3.63, 3.8) is 0 Å². The Morgan fingerprint density at radius 2 is 1.75 bits per heavy atom. The molecule has 0 aliphatic carbocycles. The van der Waals surface area contributed by atoms with Gasteiger partial charge in [0.05, 0.1) is 18.2 Å². The Balaban J connectivity index is 2.04. The van der Waals surface area contributed by atoms with Gasteiger partial charge in [-0.2, -0.15) is 13.2 Å². The van der Waals surface area contributed by atoms with Gasteiger partial charge in [0, 0.05) is 5.56 Å². The molecule has 0 saturated heterocycles. The van der Waals surface area contributed by atoms with Gasteiger partial charge in [0.25, 0.3) is 0 Å². The monoisotopic (exact) mass is 390 g/mol. The Hall–Kier alpha value is -3.16. The van der Waals surface area contributed by atoms with Crippen LogP contribution in [0.25, 0.3) is 0 Å². The first-order valence-corrected chi connectivity index (χ1v) is 8.59. The third-order valence-electron chi connectivity index (χ3n) is 4.28. The van der Waals surface area contributed by atoms with E-state index >= 15 is 0 Å². The second kappa shape index (κ2) is 7.84. The van der Waals surface area contributed by atoms with E-state index in [1.54, 1.807) is 37.3 Å². The summed E-state index contributed by atoms with van der Waals surface area (Å²) in [6.45, 7) is 1.67. The predicted octanol–water partition coefficient (Wildman–Crippen LogP) is 3.50. The molecule has 0 aromatic heterocycles. The van der Waals surface area contributed by atoms with Crippen LogP contribution < -0.4 is 5.32 Å². The van der Waals surface area contributed by atoms with Gasteiger partial charge in [-0.25, -0.2) is 0 Å². The number of esters is 1. The van der Waals surface area contributed by atoms with Crippen LogP contribution in [0.4, 0.5) is 13.2 Å². The third kappa shape index (κ3) is 4.05. The van der Waals surface area contributed by atoms with Crippen LogP contribution in [0.15, 0.2) is 59.6 Å². The van der Waals surface area contributed by atoms with Crippen LogP contribution in [0.1, 0.15) is 29.7 Å². The van der Waals surface area contributed by atoms with Crippen LogP contribution in [0, 0.1) is 5.92 Å². The minimum Gasteiger partial charge on any atom is -0.465 e. The molecule has 0 saturated carbocycles. The molecule has 8 heteroatoms. The summed E-state index contributed by atoms with van der Waals surface area (Å²) in [6, 6.07) is 12.0. The van der Waals surface area contributed by atoms with Crippen LogP contribution >= 0.6 is 0 Å². The van der Waals surface area contributed by atoms with Crippen molar-refractivity contribution in [2.45, 2.75) is 19.1 Å². The van der Waals surface area contributed by atoms with E-state index in [0.717, 1.165) is 12.1 Å². The maximum absolute atomic E-state index is 12.8. The summed E-state index contributed by atoms with van der Waals surface area (Å²) >= 11 is 0. The third-order valence-corrected chi connectivity index (χ3v) is 4.28. The topological polar surface area (TPSA) is 67.8 Å². The zero-order chi connectivity index (χ0) is 20.3. The minimum absolute atomic E-state index is 0.0671. The molecule has 0 radical (unpaired) electrons. The molecule has 2 atom stereocenters. The van der Waals surface area contributed by atoms with E-state index in [4.69, 9.17) is 4.74 Å². The van der Waals surface area contributed by atoms with E-state index in [0.29, 0.717) is 11.1 Å². The molecule has 146 valence electrons. The molecule has 1 N–H and O–H groups in total. The largest absolute Gasteiger partial charge is 0.465 e. The van der Waals surface area contributed by atoms with Gasteiger partial charge in [-0.15, -0.1) is 0 Å². The summed E-state index contributed by atoms with van der Waals surface area (Å²) in [7, 11) is 0. The number of nitrogens with one attached hydrogen (secondary N) is 1. The zero-order valence-corrected chi connectivity index (χ0v) is 14.9. The number of rotatable bonds is 4. The van der Waals surface area contributed by atoms with Crippen LogP contribution in [0.3, 0.4) is 0 Å². The fourth-order valence-electron chi connectivity index (χ4n) is 2.93. The van der Waals surface area contributed by atoms with Crippen molar-refractivity contribution in [1.82, 2.24) is 5.32 Å². The number of alkyl halides is 3. The highest BCUT2D eigenvalue weighted by molar-refractivity contribution is 6.14. The second-order valence-corrected chi connectivity index (χ2v) is 6.13. The van der Waals surface area contributed by atoms with Crippen molar-refractivity contribution in [3.05, 3.63) is 71.3 Å². The molecule has 2 aromatic rings. The molecule has 1 aliphatic heterocycles. The number of ether oxygens (including phenoxy) is 1. The molecule has 1 aliphatic rings. The lowest BCUT2D eigenvalue weighted by Gasteiger charge is -2.28. The number of hydrogen-bond acceptors (Lipinski definition) is 4. The summed E-state index contributed by atoms with van der Waals surface area (Å²) in [5, 5.41) is 2.59. The van der Waals surface area contributed by atoms with Gasteiger partial charge in [-0.3, -0.25) is 14.6 Å². The van der Waals surface area contributed by atoms with Crippen LogP contribution in [0.5, 0.6) is 0 Å². The quantitative estimate of drug-likeness (QED) is 0.642. The lowest BCUT2D eigenvalue weighted by molar-refractivity contribution is -0.153. The summed E-state index contributed by atoms with van der Waals surface area (Å²) in [5.41, 5.74) is 0.112. The standard InChI is InChI=1S/C20H17F3N2O3/c1-2-28-19(27)15-16(12-8-10-14(11-9-12)20(21,22)23)24-17(25-18(15)26)13-6-4-3-5-7-13/h3-11,15-16H,2H2,1H3,(H,24,25,26)/t15-,16-/m0/s1. The van der Waals surface area contributed by atoms with Crippen molar-refractivity contribution in [2.24, 2.45) is 10.9 Å². The SMILES string of the molecule is CCOC(=O)[C@@H]1C(=O)NC(c2ccccc2)=N[C@H]1c1ccc(C(F)(F)F)cc1. The minimum atomic E-state index is -4.48. The molecular weight excluding hydrogens is 373 g/mol. The van der Waals surface area contributed by atoms with Gasteiger partial charge in [-0.05, 0) is 24.6 Å². The summed E-state index contributed by atoms with van der Waals surface area (Å²) < 4.78 is 43.5. The molecule has 3 rings (SSSR count). The Morgan fingerprint density at radius 1 is 1.11 bits per heavy atom. The molecule has 0 unspecified atom stereocenters. The van der Waals surface area contributed by atoms with E-state index in [2.05, 4.69) is 10.3 Å². The fourth-order valence-corrected chi connectivity index (χ4v) is 2.93. The molecule has 0 spiro atoms. The first kappa shape index (κ1) is 19.6. The number of carbonyl (C=O) groups excluding carboxylic acids is 2. The highest BCUT2D eigenvalue weighted by Gasteiger charge is 2.41. The number of nitrogens with zero attached hydrogens (tertiary/aromatic N) is 1. The number of hydrogen-bond donors (Lipinski definition) is 1. The fraction of sp³-hybridized carbons (Fsp3) is 0.250. The number of halogens is 3. The first-order chi connectivity index (χ1) is 13.3. The summed E-state index contributed by atoms with van der Waals surface area (Å²) in [4.78, 5) is 29.4. The Morgan fingerprint density at radius 3 is 2.32 bits per heavy atom. The van der Waals surface area contributed by atoms with Crippen LogP contribution in [0.2, 0.25) is 0 Å². The van der Waals surface area contributed by atoms with Gasteiger partial charge < -0.3 is 10.1 Å². The Labute approximate surface area is 159 Å². The van der Waals surface area contributed by atoms with E-state index < -0.39 is 35.6 Å². The Kier molecular flexibility index (Phi) is 5.48. The molecule has 0 bridgehead atoms. The maximum Gasteiger partial charge on any atom is 0.416 e. The highest BCUT2D eigenvalue weighted by atomic mass is 19.4. The second-order valence-electron chi connectivity index (χ2n) is 6.13. The molecule has 1 heterocycles. The molecule has 28 heavy (non-hydrogen) atoms. The smallest absolute Gasteiger partial charge is 0.416 e. The number of carbonyl (C=O) groups is 2. The van der Waals surface area contributed by atoms with Gasteiger partial charge in [0.2, 0.25) is 5.91 Å². The van der Waals surface area contributed by atoms with E-state index in [9.17, 15) is 22.8 Å². The van der Waals surface area contributed by atoms with Crippen LogP contribution in [-0.2, 0) is 20.5 Å². The van der Waals surface area contributed by atoms with Crippen molar-refractivity contribution < 1.29 is 27.5 Å². The first-order valence-electron chi connectivity index (χ1n) is 8.59. The average Bonchev–Trinajstić information content (AvgIpc) is 2.67. The number of amides is 1. The zero-order valence-electron chi connectivity index (χ0n) is 14.9. The lowest BCUT2D eigenvalue weighted by Crippen LogP contribution is -2.47. The molecule has 5 nitrogen and oxygen atoms in total. The number of amidine groups is 1. The van der Waals surface area contributed by atoms with Gasteiger partial charge in [0.1, 0.15) is 5.84 Å². The van der Waals surface area contributed by atoms with E-state index in [1.165, 1.54) is 12.1 Å². The summed E-state index contributed by atoms with van der Waals surface area (Å²) in [6.07, 6.45) is -4.48.